The van der Waals surface area contributed by atoms with Gasteiger partial charge in [-0.05, 0) is 80.8 Å². The number of halogens is 3. The van der Waals surface area contributed by atoms with Gasteiger partial charge in [-0.3, -0.25) is 4.79 Å². The average Bonchev–Trinajstić information content (AvgIpc) is 3.40. The third kappa shape index (κ3) is 5.31. The van der Waals surface area contributed by atoms with E-state index >= 15 is 4.39 Å². The minimum atomic E-state index is -0.475. The third-order valence-electron chi connectivity index (χ3n) is 11.6. The van der Waals surface area contributed by atoms with Gasteiger partial charge >= 0.3 is 0 Å². The van der Waals surface area contributed by atoms with Crippen molar-refractivity contribution in [3.8, 4) is 22.9 Å². The average molecular weight is 723 g/mol. The van der Waals surface area contributed by atoms with Gasteiger partial charge in [-0.15, -0.1) is 0 Å². The SMILES string of the molecule is Cc1ccccc1O[C@H]1C[C@H](c2cc3c(C)nc4c(F)c(-c5cccc(Cl)c5Cl)c(CCC#N)cc4c3n2[C@H]2[C@H]3CN[C@@H]2C3)N(C(=O)C2CC2)C1. The first kappa shape index (κ1) is 32.7. The van der Waals surface area contributed by atoms with Gasteiger partial charge in [0.25, 0.3) is 0 Å². The van der Waals surface area contributed by atoms with Crippen LogP contribution in [0.2, 0.25) is 10.0 Å². The van der Waals surface area contributed by atoms with E-state index < -0.39 is 5.82 Å². The number of ether oxygens (including phenoxy) is 1. The van der Waals surface area contributed by atoms with E-state index in [1.165, 1.54) is 0 Å². The van der Waals surface area contributed by atoms with Crippen molar-refractivity contribution in [1.82, 2.24) is 19.8 Å². The Bertz CT molecular complexity index is 2280. The van der Waals surface area contributed by atoms with Crippen LogP contribution in [-0.4, -0.2) is 45.6 Å². The van der Waals surface area contributed by atoms with E-state index in [-0.39, 0.29) is 53.0 Å². The molecule has 2 bridgehead atoms. The van der Waals surface area contributed by atoms with Gasteiger partial charge in [0.1, 0.15) is 17.4 Å². The monoisotopic (exact) mass is 721 g/mol. The van der Waals surface area contributed by atoms with Crippen molar-refractivity contribution in [2.24, 2.45) is 11.8 Å². The molecule has 1 N–H and O–H groups in total. The Balaban J connectivity index is 1.26. The topological polar surface area (TPSA) is 83.2 Å². The van der Waals surface area contributed by atoms with Gasteiger partial charge in [0, 0.05) is 64.6 Å². The van der Waals surface area contributed by atoms with Crippen LogP contribution in [0.1, 0.15) is 66.7 Å². The smallest absolute Gasteiger partial charge is 0.226 e. The standard InChI is InChI=1S/C41H38Cl2FN5O2/c1-21-7-3-4-11-34(21)51-26-17-32(48(20-26)41(50)23-12-13-23)33-18-28-22(2)47-38-29(40(28)49(33)39-25-16-31(39)46-19-25)15-24(8-6-14-45)35(37(38)44)27-9-5-10-30(42)36(27)43/h3-5,7,9-11,15,18,23,25-26,31-32,39,46H,6,8,12-13,16-17,19-20H2,1-2H3/t25-,26+,31-,32-,39+/m1/s1. The number of amides is 1. The van der Waals surface area contributed by atoms with Crippen molar-refractivity contribution in [2.75, 3.05) is 13.1 Å². The molecule has 51 heavy (non-hydrogen) atoms. The summed E-state index contributed by atoms with van der Waals surface area (Å²) >= 11 is 13.1. The molecule has 0 radical (unpaired) electrons. The van der Waals surface area contributed by atoms with Crippen molar-refractivity contribution in [3.05, 3.63) is 93.0 Å². The molecule has 3 aliphatic heterocycles. The molecule has 260 valence electrons. The van der Waals surface area contributed by atoms with Crippen LogP contribution in [-0.2, 0) is 11.2 Å². The van der Waals surface area contributed by atoms with Gasteiger partial charge in [0.2, 0.25) is 5.91 Å². The van der Waals surface area contributed by atoms with Crippen LogP contribution in [0.3, 0.4) is 0 Å². The number of nitriles is 1. The lowest BCUT2D eigenvalue weighted by Gasteiger charge is -2.39. The van der Waals surface area contributed by atoms with Gasteiger partial charge in [-0.25, -0.2) is 9.37 Å². The molecule has 10 rings (SSSR count). The first-order chi connectivity index (χ1) is 24.7. The molecule has 5 aromatic rings. The normalized spacial score (nSPS) is 23.9. The lowest BCUT2D eigenvalue weighted by molar-refractivity contribution is -0.133. The lowest BCUT2D eigenvalue weighted by atomic mass is 9.79. The number of carbonyl (C=O) groups excluding carboxylic acids is 1. The predicted octanol–water partition coefficient (Wildman–Crippen LogP) is 9.04. The first-order valence-electron chi connectivity index (χ1n) is 18.0. The fraction of sp³-hybridized carbons (Fsp3) is 0.390. The number of fused-ring (bicyclic) bond motifs is 4. The van der Waals surface area contributed by atoms with Crippen molar-refractivity contribution in [3.63, 3.8) is 0 Å². The largest absolute Gasteiger partial charge is 0.488 e. The van der Waals surface area contributed by atoms with E-state index in [0.717, 1.165) is 59.4 Å². The number of para-hydroxylation sites is 1. The van der Waals surface area contributed by atoms with Crippen LogP contribution in [0.15, 0.2) is 54.6 Å². The molecule has 2 aliphatic carbocycles. The Morgan fingerprint density at radius 3 is 2.65 bits per heavy atom. The molecule has 0 spiro atoms. The van der Waals surface area contributed by atoms with Gasteiger partial charge in [0.05, 0.1) is 40.3 Å². The fourth-order valence-corrected chi connectivity index (χ4v) is 9.33. The molecule has 5 heterocycles. The Hall–Kier alpha value is -4.16. The highest BCUT2D eigenvalue weighted by molar-refractivity contribution is 6.43. The van der Waals surface area contributed by atoms with E-state index in [9.17, 15) is 10.1 Å². The molecule has 0 unspecified atom stereocenters. The van der Waals surface area contributed by atoms with E-state index in [0.29, 0.717) is 52.4 Å². The van der Waals surface area contributed by atoms with Crippen molar-refractivity contribution >= 4 is 50.9 Å². The third-order valence-corrected chi connectivity index (χ3v) is 12.5. The second-order valence-electron chi connectivity index (χ2n) is 14.8. The number of benzene rings is 3. The second-order valence-corrected chi connectivity index (χ2v) is 15.6. The quantitative estimate of drug-likeness (QED) is 0.173. The number of aromatic nitrogens is 2. The van der Waals surface area contributed by atoms with E-state index in [4.69, 9.17) is 32.9 Å². The second kappa shape index (κ2) is 12.5. The lowest BCUT2D eigenvalue weighted by Crippen LogP contribution is -2.41. The minimum absolute atomic E-state index is 0.0573. The maximum absolute atomic E-state index is 17.2. The molecule has 3 saturated heterocycles. The van der Waals surface area contributed by atoms with Crippen molar-refractivity contribution < 1.29 is 13.9 Å². The molecule has 7 nitrogen and oxygen atoms in total. The van der Waals surface area contributed by atoms with Crippen LogP contribution in [0.25, 0.3) is 32.9 Å². The first-order valence-corrected chi connectivity index (χ1v) is 18.7. The fourth-order valence-electron chi connectivity index (χ4n) is 8.94. The van der Waals surface area contributed by atoms with Gasteiger partial charge in [-0.2, -0.15) is 5.26 Å². The predicted molar refractivity (Wildman–Crippen MR) is 198 cm³/mol. The zero-order valence-electron chi connectivity index (χ0n) is 28.6. The number of nitrogens with one attached hydrogen (secondary N) is 1. The molecule has 5 fully saturated rings. The number of aryl methyl sites for hydroxylation is 3. The Morgan fingerprint density at radius 1 is 1.10 bits per heavy atom. The Labute approximate surface area is 306 Å². The van der Waals surface area contributed by atoms with Crippen LogP contribution in [0, 0.1) is 42.8 Å². The van der Waals surface area contributed by atoms with Gasteiger partial charge < -0.3 is 19.5 Å². The number of pyridine rings is 1. The number of hydrogen-bond donors (Lipinski definition) is 1. The number of carbonyl (C=O) groups is 1. The maximum Gasteiger partial charge on any atom is 0.226 e. The molecular formula is C41H38Cl2FN5O2. The number of hydrogen-bond acceptors (Lipinski definition) is 5. The number of nitrogens with zero attached hydrogens (tertiary/aromatic N) is 4. The van der Waals surface area contributed by atoms with E-state index in [2.05, 4.69) is 26.9 Å². The summed E-state index contributed by atoms with van der Waals surface area (Å²) in [6.07, 6.45) is 3.96. The summed E-state index contributed by atoms with van der Waals surface area (Å²) in [6.45, 7) is 5.41. The molecule has 2 saturated carbocycles. The van der Waals surface area contributed by atoms with Crippen LogP contribution < -0.4 is 10.1 Å². The molecule has 5 atom stereocenters. The van der Waals surface area contributed by atoms with E-state index in [1.54, 1.807) is 18.2 Å². The zero-order chi connectivity index (χ0) is 35.1. The van der Waals surface area contributed by atoms with Gasteiger partial charge in [0.15, 0.2) is 5.82 Å². The highest BCUT2D eigenvalue weighted by Crippen LogP contribution is 2.51. The van der Waals surface area contributed by atoms with Crippen molar-refractivity contribution in [2.45, 2.75) is 76.6 Å². The Kier molecular flexibility index (Phi) is 8.03. The summed E-state index contributed by atoms with van der Waals surface area (Å²) in [5.41, 5.74) is 5.51. The Morgan fingerprint density at radius 2 is 1.92 bits per heavy atom. The highest BCUT2D eigenvalue weighted by atomic mass is 35.5. The molecule has 1 amide bonds. The van der Waals surface area contributed by atoms with Crippen LogP contribution in [0.5, 0.6) is 5.75 Å². The summed E-state index contributed by atoms with van der Waals surface area (Å²) < 4.78 is 26.2. The summed E-state index contributed by atoms with van der Waals surface area (Å²) in [5, 5.41) is 15.6. The summed E-state index contributed by atoms with van der Waals surface area (Å²) in [5.74, 6) is 1.03. The molecule has 3 aromatic carbocycles. The minimum Gasteiger partial charge on any atom is -0.488 e. The van der Waals surface area contributed by atoms with Crippen LogP contribution in [0.4, 0.5) is 4.39 Å². The van der Waals surface area contributed by atoms with Gasteiger partial charge in [-0.1, -0.05) is 53.5 Å². The molecule has 5 aliphatic rings. The maximum atomic E-state index is 17.2. The summed E-state index contributed by atoms with van der Waals surface area (Å²) in [4.78, 5) is 21.0. The zero-order valence-corrected chi connectivity index (χ0v) is 30.1. The van der Waals surface area contributed by atoms with Crippen molar-refractivity contribution in [1.29, 1.82) is 5.26 Å². The number of likely N-dealkylation sites (tertiary alicyclic amines) is 1. The molecule has 2 aromatic heterocycles. The van der Waals surface area contributed by atoms with Crippen LogP contribution >= 0.6 is 23.2 Å². The molecular weight excluding hydrogens is 684 g/mol. The summed E-state index contributed by atoms with van der Waals surface area (Å²) in [6, 6.07) is 19.9. The van der Waals surface area contributed by atoms with E-state index in [1.807, 2.05) is 44.2 Å². The highest BCUT2D eigenvalue weighted by Gasteiger charge is 2.51. The molecule has 10 heteroatoms. The summed E-state index contributed by atoms with van der Waals surface area (Å²) in [7, 11) is 0. The number of rotatable bonds is 8.